The van der Waals surface area contributed by atoms with Gasteiger partial charge in [-0.2, -0.15) is 0 Å². The van der Waals surface area contributed by atoms with Crippen LogP contribution in [0.25, 0.3) is 0 Å². The van der Waals surface area contributed by atoms with Gasteiger partial charge in [0.25, 0.3) is 0 Å². The third-order valence-electron chi connectivity index (χ3n) is 4.14. The summed E-state index contributed by atoms with van der Waals surface area (Å²) in [6.07, 6.45) is 5.28. The Bertz CT molecular complexity index is 464. The van der Waals surface area contributed by atoms with Gasteiger partial charge in [-0.05, 0) is 37.5 Å². The van der Waals surface area contributed by atoms with Crippen LogP contribution < -0.4 is 9.47 Å². The molecule has 1 aliphatic carbocycles. The molecule has 1 aliphatic heterocycles. The number of methoxy groups -OCH3 is 2. The van der Waals surface area contributed by atoms with Crippen molar-refractivity contribution in [2.75, 3.05) is 27.8 Å². The minimum Gasteiger partial charge on any atom is -0.493 e. The number of ether oxygens (including phenoxy) is 2. The number of para-hydroxylation sites is 2. The van der Waals surface area contributed by atoms with Crippen LogP contribution in [0.4, 0.5) is 0 Å². The van der Waals surface area contributed by atoms with Crippen LogP contribution in [0, 0.1) is 5.92 Å². The van der Waals surface area contributed by atoms with E-state index in [1.807, 2.05) is 44.2 Å². The van der Waals surface area contributed by atoms with Crippen molar-refractivity contribution < 1.29 is 14.6 Å². The highest BCUT2D eigenvalue weighted by Crippen LogP contribution is 2.34. The normalized spacial score (nSPS) is 21.8. The molecule has 0 spiro atoms. The summed E-state index contributed by atoms with van der Waals surface area (Å²) in [5, 5.41) is 9.37. The van der Waals surface area contributed by atoms with Crippen molar-refractivity contribution in [1.82, 2.24) is 4.90 Å². The molecule has 1 fully saturated rings. The maximum absolute atomic E-state index is 9.37. The second-order valence-electron chi connectivity index (χ2n) is 5.50. The number of hydrogen-bond donors (Lipinski definition) is 1. The van der Waals surface area contributed by atoms with Crippen molar-refractivity contribution in [3.8, 4) is 11.5 Å². The largest absolute Gasteiger partial charge is 0.493 e. The first kappa shape index (κ1) is 19.4. The first-order valence-corrected chi connectivity index (χ1v) is 8.43. The van der Waals surface area contributed by atoms with Gasteiger partial charge in [0.2, 0.25) is 0 Å². The number of aliphatic hydroxyl groups is 1. The van der Waals surface area contributed by atoms with Crippen molar-refractivity contribution in [3.63, 3.8) is 0 Å². The minimum absolute atomic E-state index is 0.179. The first-order valence-electron chi connectivity index (χ1n) is 8.43. The Kier molecular flexibility index (Phi) is 8.56. The molecule has 23 heavy (non-hydrogen) atoms. The molecular weight excluding hydrogens is 290 g/mol. The molecule has 0 bridgehead atoms. The molecule has 0 saturated carbocycles. The molecule has 0 radical (unpaired) electrons. The van der Waals surface area contributed by atoms with Crippen molar-refractivity contribution in [1.29, 1.82) is 0 Å². The fraction of sp³-hybridized carbons (Fsp3) is 0.579. The number of likely N-dealkylation sites (tertiary alicyclic amines) is 1. The van der Waals surface area contributed by atoms with E-state index in [0.717, 1.165) is 23.8 Å². The molecule has 3 rings (SSSR count). The standard InChI is InChI=1S/C9H15NO.C8H10O2.C2H6/c1-10-5-4-7-2-3-8(11)6-9(7)10;1-9-7-5-3-4-6-8(7)10-2;1-2/h6-8,11H,2-5H2,1H3;3-6H,1-2H3;1-2H3. The Morgan fingerprint density at radius 2 is 1.57 bits per heavy atom. The molecule has 2 atom stereocenters. The van der Waals surface area contributed by atoms with Crippen LogP contribution in [0.1, 0.15) is 33.1 Å². The van der Waals surface area contributed by atoms with E-state index in [4.69, 9.17) is 9.47 Å². The molecule has 2 unspecified atom stereocenters. The average Bonchev–Trinajstić information content (AvgIpc) is 2.97. The Morgan fingerprint density at radius 3 is 2.09 bits per heavy atom. The monoisotopic (exact) mass is 321 g/mol. The van der Waals surface area contributed by atoms with Crippen molar-refractivity contribution in [2.24, 2.45) is 5.92 Å². The molecule has 1 heterocycles. The Morgan fingerprint density at radius 1 is 1.00 bits per heavy atom. The Balaban J connectivity index is 0.000000209. The van der Waals surface area contributed by atoms with Crippen LogP contribution in [0.2, 0.25) is 0 Å². The number of rotatable bonds is 2. The van der Waals surface area contributed by atoms with Crippen LogP contribution in [-0.4, -0.2) is 43.9 Å². The van der Waals surface area contributed by atoms with Gasteiger partial charge < -0.3 is 19.5 Å². The first-order chi connectivity index (χ1) is 11.2. The van der Waals surface area contributed by atoms with Gasteiger partial charge in [0.05, 0.1) is 20.3 Å². The number of nitrogens with zero attached hydrogens (tertiary/aromatic N) is 1. The highest BCUT2D eigenvalue weighted by Gasteiger charge is 2.29. The van der Waals surface area contributed by atoms with Crippen LogP contribution in [0.15, 0.2) is 36.0 Å². The lowest BCUT2D eigenvalue weighted by molar-refractivity contribution is 0.189. The van der Waals surface area contributed by atoms with Gasteiger partial charge in [0.15, 0.2) is 11.5 Å². The fourth-order valence-corrected chi connectivity index (χ4v) is 2.93. The van der Waals surface area contributed by atoms with Gasteiger partial charge in [-0.3, -0.25) is 0 Å². The van der Waals surface area contributed by atoms with Gasteiger partial charge >= 0.3 is 0 Å². The van der Waals surface area contributed by atoms with Crippen LogP contribution in [0.3, 0.4) is 0 Å². The number of benzene rings is 1. The average molecular weight is 321 g/mol. The summed E-state index contributed by atoms with van der Waals surface area (Å²) in [5.74, 6) is 2.29. The van der Waals surface area contributed by atoms with E-state index in [1.165, 1.54) is 25.1 Å². The van der Waals surface area contributed by atoms with E-state index in [0.29, 0.717) is 0 Å². The smallest absolute Gasteiger partial charge is 0.160 e. The maximum atomic E-state index is 9.37. The quantitative estimate of drug-likeness (QED) is 0.902. The van der Waals surface area contributed by atoms with E-state index in [2.05, 4.69) is 11.9 Å². The van der Waals surface area contributed by atoms with Gasteiger partial charge in [-0.15, -0.1) is 0 Å². The number of allylic oxidation sites excluding steroid dienone is 1. The van der Waals surface area contributed by atoms with Crippen molar-refractivity contribution in [2.45, 2.75) is 39.2 Å². The molecule has 1 saturated heterocycles. The highest BCUT2D eigenvalue weighted by molar-refractivity contribution is 5.39. The second-order valence-corrected chi connectivity index (χ2v) is 5.50. The number of fused-ring (bicyclic) bond motifs is 1. The molecule has 0 aromatic heterocycles. The van der Waals surface area contributed by atoms with Gasteiger partial charge in [0.1, 0.15) is 0 Å². The summed E-state index contributed by atoms with van der Waals surface area (Å²) >= 11 is 0. The predicted molar refractivity (Wildman–Crippen MR) is 95.0 cm³/mol. The number of aliphatic hydroxyl groups excluding tert-OH is 1. The van der Waals surface area contributed by atoms with Crippen LogP contribution in [-0.2, 0) is 0 Å². The molecule has 1 aromatic carbocycles. The Labute approximate surface area is 140 Å². The zero-order valence-corrected chi connectivity index (χ0v) is 15.1. The Hall–Kier alpha value is -1.68. The topological polar surface area (TPSA) is 41.9 Å². The molecule has 4 heteroatoms. The van der Waals surface area contributed by atoms with E-state index in [-0.39, 0.29) is 6.10 Å². The predicted octanol–water partition coefficient (Wildman–Crippen LogP) is 3.71. The SMILES string of the molecule is CC.CN1CCC2CCC(O)C=C21.COc1ccccc1OC. The lowest BCUT2D eigenvalue weighted by atomic mass is 9.91. The summed E-state index contributed by atoms with van der Waals surface area (Å²) in [6, 6.07) is 7.53. The van der Waals surface area contributed by atoms with Crippen molar-refractivity contribution >= 4 is 0 Å². The fourth-order valence-electron chi connectivity index (χ4n) is 2.93. The lowest BCUT2D eigenvalue weighted by Crippen LogP contribution is -2.20. The zero-order valence-electron chi connectivity index (χ0n) is 15.1. The summed E-state index contributed by atoms with van der Waals surface area (Å²) in [4.78, 5) is 2.27. The summed E-state index contributed by atoms with van der Waals surface area (Å²) in [7, 11) is 5.36. The van der Waals surface area contributed by atoms with Gasteiger partial charge in [0, 0.05) is 25.2 Å². The van der Waals surface area contributed by atoms with Crippen LogP contribution >= 0.6 is 0 Å². The molecule has 1 aromatic rings. The molecular formula is C19H31NO3. The molecule has 130 valence electrons. The van der Waals surface area contributed by atoms with Crippen molar-refractivity contribution in [3.05, 3.63) is 36.0 Å². The second kappa shape index (κ2) is 10.2. The summed E-state index contributed by atoms with van der Waals surface area (Å²) in [6.45, 7) is 5.17. The third-order valence-corrected chi connectivity index (χ3v) is 4.14. The van der Waals surface area contributed by atoms with Crippen LogP contribution in [0.5, 0.6) is 11.5 Å². The summed E-state index contributed by atoms with van der Waals surface area (Å²) < 4.78 is 10.0. The molecule has 4 nitrogen and oxygen atoms in total. The zero-order chi connectivity index (χ0) is 17.2. The molecule has 1 N–H and O–H groups in total. The maximum Gasteiger partial charge on any atom is 0.160 e. The molecule has 0 amide bonds. The minimum atomic E-state index is -0.179. The van der Waals surface area contributed by atoms with E-state index in [9.17, 15) is 5.11 Å². The van der Waals surface area contributed by atoms with E-state index >= 15 is 0 Å². The highest BCUT2D eigenvalue weighted by atomic mass is 16.5. The van der Waals surface area contributed by atoms with E-state index < -0.39 is 0 Å². The summed E-state index contributed by atoms with van der Waals surface area (Å²) in [5.41, 5.74) is 1.38. The van der Waals surface area contributed by atoms with Gasteiger partial charge in [-0.25, -0.2) is 0 Å². The van der Waals surface area contributed by atoms with E-state index in [1.54, 1.807) is 14.2 Å². The number of hydrogen-bond acceptors (Lipinski definition) is 4. The molecule has 2 aliphatic rings. The third kappa shape index (κ3) is 5.47. The van der Waals surface area contributed by atoms with Gasteiger partial charge in [-0.1, -0.05) is 26.0 Å². The lowest BCUT2D eigenvalue weighted by Gasteiger charge is -2.24.